The Bertz CT molecular complexity index is 617. The molecule has 0 spiro atoms. The third-order valence-corrected chi connectivity index (χ3v) is 2.62. The van der Waals surface area contributed by atoms with Gasteiger partial charge < -0.3 is 5.32 Å². The summed E-state index contributed by atoms with van der Waals surface area (Å²) < 4.78 is 13.0. The Balaban J connectivity index is 2.10. The van der Waals surface area contributed by atoms with Gasteiger partial charge in [-0.15, -0.1) is 0 Å². The number of nitrogens with zero attached hydrogens (tertiary/aromatic N) is 2. The normalized spacial score (nSPS) is 10.2. The van der Waals surface area contributed by atoms with Gasteiger partial charge in [0.1, 0.15) is 17.8 Å². The van der Waals surface area contributed by atoms with Crippen LogP contribution in [0.4, 0.5) is 15.9 Å². The lowest BCUT2D eigenvalue weighted by molar-refractivity contribution is -0.385. The molecule has 0 bridgehead atoms. The van der Waals surface area contributed by atoms with Crippen molar-refractivity contribution in [2.45, 2.75) is 13.5 Å². The van der Waals surface area contributed by atoms with Gasteiger partial charge in [-0.25, -0.2) is 9.37 Å². The molecule has 2 rings (SSSR count). The minimum atomic E-state index is -0.490. The van der Waals surface area contributed by atoms with Gasteiger partial charge in [-0.3, -0.25) is 10.1 Å². The highest BCUT2D eigenvalue weighted by molar-refractivity contribution is 5.48. The van der Waals surface area contributed by atoms with Crippen LogP contribution in [0.25, 0.3) is 0 Å². The van der Waals surface area contributed by atoms with Gasteiger partial charge in [0.2, 0.25) is 0 Å². The average Bonchev–Trinajstić information content (AvgIpc) is 2.37. The van der Waals surface area contributed by atoms with Crippen LogP contribution in [0.5, 0.6) is 0 Å². The molecule has 0 atom stereocenters. The van der Waals surface area contributed by atoms with Crippen molar-refractivity contribution in [2.24, 2.45) is 0 Å². The van der Waals surface area contributed by atoms with E-state index < -0.39 is 4.92 Å². The van der Waals surface area contributed by atoms with E-state index in [0.717, 1.165) is 5.56 Å². The number of hydrogen-bond acceptors (Lipinski definition) is 4. The Hall–Kier alpha value is -2.50. The van der Waals surface area contributed by atoms with E-state index in [1.807, 2.05) is 0 Å². The Morgan fingerprint density at radius 1 is 1.42 bits per heavy atom. The Morgan fingerprint density at radius 3 is 2.84 bits per heavy atom. The lowest BCUT2D eigenvalue weighted by Crippen LogP contribution is -2.04. The highest BCUT2D eigenvalue weighted by atomic mass is 19.1. The molecule has 1 N–H and O–H groups in total. The second kappa shape index (κ2) is 5.43. The summed E-state index contributed by atoms with van der Waals surface area (Å²) in [6, 6.07) is 7.66. The molecule has 98 valence electrons. The molecule has 0 amide bonds. The van der Waals surface area contributed by atoms with Gasteiger partial charge in [-0.05, 0) is 30.2 Å². The van der Waals surface area contributed by atoms with Crippen molar-refractivity contribution in [3.05, 3.63) is 63.6 Å². The van der Waals surface area contributed by atoms with Gasteiger partial charge in [-0.1, -0.05) is 12.1 Å². The molecule has 0 fully saturated rings. The predicted molar refractivity (Wildman–Crippen MR) is 69.4 cm³/mol. The summed E-state index contributed by atoms with van der Waals surface area (Å²) in [5.41, 5.74) is 1.40. The van der Waals surface area contributed by atoms with Crippen molar-refractivity contribution in [3.8, 4) is 0 Å². The number of nitro groups is 1. The quantitative estimate of drug-likeness (QED) is 0.678. The summed E-state index contributed by atoms with van der Waals surface area (Å²) in [4.78, 5) is 14.1. The summed E-state index contributed by atoms with van der Waals surface area (Å²) in [6.45, 7) is 2.14. The molecule has 2 aromatic rings. The molecular weight excluding hydrogens is 249 g/mol. The van der Waals surface area contributed by atoms with Crippen LogP contribution in [0.3, 0.4) is 0 Å². The Kier molecular flexibility index (Phi) is 3.70. The highest BCUT2D eigenvalue weighted by Crippen LogP contribution is 2.18. The van der Waals surface area contributed by atoms with Crippen molar-refractivity contribution < 1.29 is 9.31 Å². The fourth-order valence-electron chi connectivity index (χ4n) is 1.68. The fraction of sp³-hybridized carbons (Fsp3) is 0.154. The maximum Gasteiger partial charge on any atom is 0.287 e. The molecular formula is C13H12FN3O2. The lowest BCUT2D eigenvalue weighted by atomic mass is 10.2. The van der Waals surface area contributed by atoms with Crippen LogP contribution in [-0.4, -0.2) is 9.91 Å². The zero-order valence-electron chi connectivity index (χ0n) is 10.3. The third-order valence-electron chi connectivity index (χ3n) is 2.62. The van der Waals surface area contributed by atoms with E-state index in [-0.39, 0.29) is 11.5 Å². The van der Waals surface area contributed by atoms with E-state index in [4.69, 9.17) is 0 Å². The van der Waals surface area contributed by atoms with E-state index in [2.05, 4.69) is 10.3 Å². The molecule has 19 heavy (non-hydrogen) atoms. The summed E-state index contributed by atoms with van der Waals surface area (Å²) in [5.74, 6) is 0.252. The van der Waals surface area contributed by atoms with Crippen molar-refractivity contribution in [1.29, 1.82) is 0 Å². The van der Waals surface area contributed by atoms with E-state index in [1.165, 1.54) is 24.4 Å². The minimum absolute atomic E-state index is 0.0474. The van der Waals surface area contributed by atoms with Crippen molar-refractivity contribution in [2.75, 3.05) is 5.32 Å². The predicted octanol–water partition coefficient (Wildman–Crippen LogP) is 3.05. The first-order chi connectivity index (χ1) is 9.06. The number of halogens is 1. The number of benzene rings is 1. The van der Waals surface area contributed by atoms with E-state index in [0.29, 0.717) is 17.9 Å². The number of aromatic nitrogens is 1. The van der Waals surface area contributed by atoms with Crippen LogP contribution >= 0.6 is 0 Å². The standard InChI is InChI=1S/C13H12FN3O2/c1-9-5-12(17(18)19)8-16-13(9)15-7-10-3-2-4-11(14)6-10/h2-6,8H,7H2,1H3,(H,15,16). The van der Waals surface area contributed by atoms with Crippen LogP contribution in [-0.2, 0) is 6.54 Å². The maximum absolute atomic E-state index is 13.0. The van der Waals surface area contributed by atoms with Gasteiger partial charge in [0.25, 0.3) is 5.69 Å². The van der Waals surface area contributed by atoms with Gasteiger partial charge in [-0.2, -0.15) is 0 Å². The summed E-state index contributed by atoms with van der Waals surface area (Å²) in [5, 5.41) is 13.6. The Labute approximate surface area is 109 Å². The lowest BCUT2D eigenvalue weighted by Gasteiger charge is -2.08. The Morgan fingerprint density at radius 2 is 2.21 bits per heavy atom. The molecule has 0 aliphatic rings. The molecule has 1 aromatic heterocycles. The monoisotopic (exact) mass is 261 g/mol. The van der Waals surface area contributed by atoms with Gasteiger partial charge in [0.15, 0.2) is 0 Å². The smallest absolute Gasteiger partial charge is 0.287 e. The van der Waals surface area contributed by atoms with Crippen LogP contribution in [0, 0.1) is 22.9 Å². The topological polar surface area (TPSA) is 68.1 Å². The first kappa shape index (κ1) is 12.9. The van der Waals surface area contributed by atoms with Crippen LogP contribution in [0.2, 0.25) is 0 Å². The largest absolute Gasteiger partial charge is 0.366 e. The minimum Gasteiger partial charge on any atom is -0.366 e. The van der Waals surface area contributed by atoms with Crippen LogP contribution in [0.15, 0.2) is 36.5 Å². The summed E-state index contributed by atoms with van der Waals surface area (Å²) in [6.07, 6.45) is 1.20. The maximum atomic E-state index is 13.0. The number of pyridine rings is 1. The number of hydrogen-bond donors (Lipinski definition) is 1. The first-order valence-corrected chi connectivity index (χ1v) is 5.65. The SMILES string of the molecule is Cc1cc([N+](=O)[O-])cnc1NCc1cccc(F)c1. The number of nitrogens with one attached hydrogen (secondary N) is 1. The average molecular weight is 261 g/mol. The molecule has 0 saturated carbocycles. The van der Waals surface area contributed by atoms with E-state index >= 15 is 0 Å². The van der Waals surface area contributed by atoms with Gasteiger partial charge in [0, 0.05) is 12.6 Å². The van der Waals surface area contributed by atoms with Crippen molar-refractivity contribution in [1.82, 2.24) is 4.98 Å². The number of aryl methyl sites for hydroxylation is 1. The molecule has 6 heteroatoms. The van der Waals surface area contributed by atoms with Gasteiger partial charge in [0.05, 0.1) is 4.92 Å². The molecule has 0 radical (unpaired) electrons. The van der Waals surface area contributed by atoms with E-state index in [9.17, 15) is 14.5 Å². The van der Waals surface area contributed by atoms with E-state index in [1.54, 1.807) is 19.1 Å². The molecule has 0 aliphatic carbocycles. The zero-order chi connectivity index (χ0) is 13.8. The molecule has 0 aliphatic heterocycles. The second-order valence-corrected chi connectivity index (χ2v) is 4.10. The van der Waals surface area contributed by atoms with Crippen LogP contribution in [0.1, 0.15) is 11.1 Å². The molecule has 0 unspecified atom stereocenters. The summed E-state index contributed by atoms with van der Waals surface area (Å²) in [7, 11) is 0. The fourth-order valence-corrected chi connectivity index (χ4v) is 1.68. The van der Waals surface area contributed by atoms with Crippen molar-refractivity contribution >= 4 is 11.5 Å². The zero-order valence-corrected chi connectivity index (χ0v) is 10.3. The number of anilines is 1. The van der Waals surface area contributed by atoms with Crippen molar-refractivity contribution in [3.63, 3.8) is 0 Å². The first-order valence-electron chi connectivity index (χ1n) is 5.65. The van der Waals surface area contributed by atoms with Crippen LogP contribution < -0.4 is 5.32 Å². The summed E-state index contributed by atoms with van der Waals surface area (Å²) >= 11 is 0. The second-order valence-electron chi connectivity index (χ2n) is 4.10. The molecule has 1 aromatic carbocycles. The van der Waals surface area contributed by atoms with Gasteiger partial charge >= 0.3 is 0 Å². The molecule has 1 heterocycles. The highest BCUT2D eigenvalue weighted by Gasteiger charge is 2.09. The molecule has 0 saturated heterocycles. The number of rotatable bonds is 4. The third kappa shape index (κ3) is 3.25. The molecule has 5 nitrogen and oxygen atoms in total.